The van der Waals surface area contributed by atoms with Gasteiger partial charge < -0.3 is 14.3 Å². The highest BCUT2D eigenvalue weighted by Gasteiger charge is 2.51. The summed E-state index contributed by atoms with van der Waals surface area (Å²) in [5.74, 6) is -2.60. The molecule has 0 spiro atoms. The van der Waals surface area contributed by atoms with Gasteiger partial charge in [0.05, 0.1) is 23.9 Å². The van der Waals surface area contributed by atoms with Crippen LogP contribution in [0.3, 0.4) is 0 Å². The van der Waals surface area contributed by atoms with E-state index >= 15 is 0 Å². The summed E-state index contributed by atoms with van der Waals surface area (Å²) in [6, 6.07) is 14.0. The van der Waals surface area contributed by atoms with Crippen LogP contribution < -0.4 is 0 Å². The van der Waals surface area contributed by atoms with Crippen LogP contribution in [0, 0.1) is 0 Å². The van der Waals surface area contributed by atoms with Gasteiger partial charge in [-0.1, -0.05) is 36.4 Å². The molecule has 6 rings (SSSR count). The largest absolute Gasteiger partial charge is 0.443 e. The molecular formula is C28H28N4O4. The topological polar surface area (TPSA) is 87.6 Å². The number of aryl methyl sites for hydroxylation is 2. The first kappa shape index (κ1) is 22.5. The van der Waals surface area contributed by atoms with Crippen LogP contribution in [0.1, 0.15) is 34.9 Å². The number of imide groups is 1. The summed E-state index contributed by atoms with van der Waals surface area (Å²) in [7, 11) is 3.51. The van der Waals surface area contributed by atoms with Crippen molar-refractivity contribution in [3.8, 4) is 0 Å². The number of hydrogen-bond acceptors (Lipinski definition) is 5. The van der Waals surface area contributed by atoms with Gasteiger partial charge in [-0.15, -0.1) is 0 Å². The fraction of sp³-hybridized carbons (Fsp3) is 0.321. The van der Waals surface area contributed by atoms with Crippen LogP contribution >= 0.6 is 0 Å². The second kappa shape index (κ2) is 8.64. The van der Waals surface area contributed by atoms with Gasteiger partial charge in [-0.05, 0) is 49.7 Å². The summed E-state index contributed by atoms with van der Waals surface area (Å²) in [5, 5.41) is 1.92. The van der Waals surface area contributed by atoms with Crippen LogP contribution in [0.5, 0.6) is 0 Å². The number of likely N-dealkylation sites (N-methyl/N-ethyl adjacent to an activating group) is 1. The third-order valence-corrected chi connectivity index (χ3v) is 7.35. The Labute approximate surface area is 208 Å². The number of rotatable bonds is 6. The first-order valence-corrected chi connectivity index (χ1v) is 12.3. The minimum atomic E-state index is -0.718. The van der Waals surface area contributed by atoms with E-state index in [1.54, 1.807) is 19.0 Å². The lowest BCUT2D eigenvalue weighted by molar-refractivity contribution is -0.156. The maximum absolute atomic E-state index is 13.9. The second-order valence-corrected chi connectivity index (χ2v) is 9.93. The summed E-state index contributed by atoms with van der Waals surface area (Å²) < 4.78 is 7.56. The Kier molecular flexibility index (Phi) is 5.41. The number of carbonyl (C=O) groups is 3. The van der Waals surface area contributed by atoms with E-state index in [9.17, 15) is 14.4 Å². The van der Waals surface area contributed by atoms with E-state index in [0.29, 0.717) is 0 Å². The van der Waals surface area contributed by atoms with Gasteiger partial charge in [0.1, 0.15) is 0 Å². The quantitative estimate of drug-likeness (QED) is 0.335. The standard InChI is InChI=1S/C28H28N4O4/c1-30(2)15-23(33)36-16-32-27(34)24(20-13-29-22-11-4-3-9-18(20)22)25(28(32)35)21-14-31-12-6-8-17-7-5-10-19(21)26(17)31/h3-5,7,9-11,13-14,24-25,29H,6,8,12,15-16H2,1-2H3/t24-,25-/m0/s1. The number of benzene rings is 2. The Hall–Kier alpha value is -3.91. The fourth-order valence-corrected chi connectivity index (χ4v) is 5.80. The molecule has 0 unspecified atom stereocenters. The number of esters is 1. The number of likely N-dealkylation sites (tertiary alicyclic amines) is 1. The number of H-pyrrole nitrogens is 1. The molecule has 36 heavy (non-hydrogen) atoms. The molecule has 1 fully saturated rings. The van der Waals surface area contributed by atoms with Crippen molar-refractivity contribution >= 4 is 39.6 Å². The van der Waals surface area contributed by atoms with Gasteiger partial charge in [0.15, 0.2) is 6.73 Å². The lowest BCUT2D eigenvalue weighted by Gasteiger charge is -2.16. The predicted molar refractivity (Wildman–Crippen MR) is 135 cm³/mol. The first-order chi connectivity index (χ1) is 17.4. The molecule has 184 valence electrons. The van der Waals surface area contributed by atoms with E-state index in [-0.39, 0.29) is 25.1 Å². The molecule has 2 aliphatic heterocycles. The van der Waals surface area contributed by atoms with Crippen molar-refractivity contribution in [1.29, 1.82) is 0 Å². The molecule has 4 heterocycles. The highest BCUT2D eigenvalue weighted by molar-refractivity contribution is 6.13. The number of nitrogens with zero attached hydrogens (tertiary/aromatic N) is 3. The third-order valence-electron chi connectivity index (χ3n) is 7.35. The molecule has 0 bridgehead atoms. The van der Waals surface area contributed by atoms with E-state index in [4.69, 9.17) is 4.74 Å². The number of amides is 2. The lowest BCUT2D eigenvalue weighted by atomic mass is 9.83. The lowest BCUT2D eigenvalue weighted by Crippen LogP contribution is -2.35. The van der Waals surface area contributed by atoms with Crippen molar-refractivity contribution in [3.63, 3.8) is 0 Å². The summed E-state index contributed by atoms with van der Waals surface area (Å²) in [6.45, 7) is 0.567. The van der Waals surface area contributed by atoms with E-state index < -0.39 is 17.8 Å². The van der Waals surface area contributed by atoms with Gasteiger partial charge in [0, 0.05) is 35.2 Å². The molecule has 1 saturated heterocycles. The van der Waals surface area contributed by atoms with Crippen molar-refractivity contribution in [3.05, 3.63) is 71.5 Å². The zero-order chi connectivity index (χ0) is 25.0. The molecule has 2 atom stereocenters. The smallest absolute Gasteiger partial charge is 0.321 e. The Bertz CT molecular complexity index is 1510. The SMILES string of the molecule is CN(C)CC(=O)OCN1C(=O)[C@@H](c2c[nH]c3ccccc23)[C@H](c2cn3c4c(cccc24)CCC3)C1=O. The van der Waals surface area contributed by atoms with Crippen LogP contribution in [0.2, 0.25) is 0 Å². The monoisotopic (exact) mass is 484 g/mol. The predicted octanol–water partition coefficient (Wildman–Crippen LogP) is 3.37. The zero-order valence-electron chi connectivity index (χ0n) is 20.4. The van der Waals surface area contributed by atoms with Crippen molar-refractivity contribution in [2.75, 3.05) is 27.4 Å². The van der Waals surface area contributed by atoms with E-state index in [1.165, 1.54) is 5.56 Å². The minimum Gasteiger partial charge on any atom is -0.443 e. The number of aromatic nitrogens is 2. The maximum Gasteiger partial charge on any atom is 0.321 e. The molecule has 2 aliphatic rings. The van der Waals surface area contributed by atoms with E-state index in [2.05, 4.69) is 15.6 Å². The van der Waals surface area contributed by atoms with Crippen LogP contribution in [0.25, 0.3) is 21.8 Å². The molecule has 8 heteroatoms. The third kappa shape index (κ3) is 3.52. The number of para-hydroxylation sites is 2. The maximum atomic E-state index is 13.9. The van der Waals surface area contributed by atoms with Crippen molar-refractivity contribution < 1.29 is 19.1 Å². The molecule has 4 aromatic rings. The summed E-state index contributed by atoms with van der Waals surface area (Å²) in [6.07, 6.45) is 5.92. The molecule has 0 aliphatic carbocycles. The van der Waals surface area contributed by atoms with E-state index in [1.807, 2.05) is 48.8 Å². The Morgan fingerprint density at radius 1 is 1.03 bits per heavy atom. The van der Waals surface area contributed by atoms with Crippen LogP contribution in [-0.2, 0) is 32.1 Å². The van der Waals surface area contributed by atoms with Crippen molar-refractivity contribution in [2.45, 2.75) is 31.2 Å². The minimum absolute atomic E-state index is 0.0712. The molecule has 1 N–H and O–H groups in total. The van der Waals surface area contributed by atoms with Crippen LogP contribution in [0.4, 0.5) is 0 Å². The van der Waals surface area contributed by atoms with Gasteiger partial charge >= 0.3 is 5.97 Å². The summed E-state index contributed by atoms with van der Waals surface area (Å²) in [5.41, 5.74) is 4.95. The molecule has 0 radical (unpaired) electrons. The summed E-state index contributed by atoms with van der Waals surface area (Å²) >= 11 is 0. The average Bonchev–Trinajstić information content (AvgIpc) is 3.51. The van der Waals surface area contributed by atoms with Gasteiger partial charge in [0.2, 0.25) is 11.8 Å². The highest BCUT2D eigenvalue weighted by Crippen LogP contribution is 2.47. The first-order valence-electron chi connectivity index (χ1n) is 12.3. The molecule has 0 saturated carbocycles. The van der Waals surface area contributed by atoms with Crippen molar-refractivity contribution in [1.82, 2.24) is 19.4 Å². The van der Waals surface area contributed by atoms with Crippen LogP contribution in [0.15, 0.2) is 54.9 Å². The molecule has 2 aromatic heterocycles. The van der Waals surface area contributed by atoms with Crippen molar-refractivity contribution in [2.24, 2.45) is 0 Å². The molecule has 2 amide bonds. The molecule has 8 nitrogen and oxygen atoms in total. The van der Waals surface area contributed by atoms with Gasteiger partial charge in [-0.25, -0.2) is 4.90 Å². The highest BCUT2D eigenvalue weighted by atomic mass is 16.5. The Balaban J connectivity index is 1.46. The number of fused-ring (bicyclic) bond motifs is 1. The van der Waals surface area contributed by atoms with Gasteiger partial charge in [0.25, 0.3) is 0 Å². The number of aromatic amines is 1. The Morgan fingerprint density at radius 2 is 1.78 bits per heavy atom. The summed E-state index contributed by atoms with van der Waals surface area (Å²) in [4.78, 5) is 46.0. The second-order valence-electron chi connectivity index (χ2n) is 9.93. The zero-order valence-corrected chi connectivity index (χ0v) is 20.4. The number of nitrogens with one attached hydrogen (secondary N) is 1. The number of ether oxygens (including phenoxy) is 1. The molecular weight excluding hydrogens is 456 g/mol. The van der Waals surface area contributed by atoms with Gasteiger partial charge in [-0.3, -0.25) is 19.3 Å². The number of hydrogen-bond donors (Lipinski definition) is 1. The van der Waals surface area contributed by atoms with Gasteiger partial charge in [-0.2, -0.15) is 0 Å². The normalized spacial score (nSPS) is 19.7. The van der Waals surface area contributed by atoms with E-state index in [0.717, 1.165) is 57.2 Å². The molecule has 2 aromatic carbocycles. The number of carbonyl (C=O) groups excluding carboxylic acids is 3. The Morgan fingerprint density at radius 3 is 2.58 bits per heavy atom. The average molecular weight is 485 g/mol. The van der Waals surface area contributed by atoms with Crippen LogP contribution in [-0.4, -0.2) is 64.5 Å². The fourth-order valence-electron chi connectivity index (χ4n) is 5.80.